The molecule has 0 fully saturated rings. The maximum Gasteiger partial charge on any atom is 0.252 e. The number of nitrogens with one attached hydrogen (secondary N) is 3. The van der Waals surface area contributed by atoms with E-state index in [1.165, 1.54) is 0 Å². The second-order valence-corrected chi connectivity index (χ2v) is 9.26. The number of carbonyl (C=O) groups excluding carboxylic acids is 3. The number of carbonyl (C=O) groups is 3. The second-order valence-electron chi connectivity index (χ2n) is 8.15. The van der Waals surface area contributed by atoms with Crippen LogP contribution in [-0.4, -0.2) is 41.7 Å². The summed E-state index contributed by atoms with van der Waals surface area (Å²) in [5.74, 6) is -1.49. The van der Waals surface area contributed by atoms with Crippen LogP contribution in [0.15, 0.2) is 91.0 Å². The molecule has 7 heteroatoms. The number of rotatable bonds is 12. The van der Waals surface area contributed by atoms with E-state index < -0.39 is 28.6 Å². The lowest BCUT2D eigenvalue weighted by molar-refractivity contribution is -0.136. The van der Waals surface area contributed by atoms with Crippen LogP contribution in [0, 0.1) is 0 Å². The molecule has 0 heterocycles. The zero-order valence-corrected chi connectivity index (χ0v) is 21.0. The summed E-state index contributed by atoms with van der Waals surface area (Å²) in [6.07, 6.45) is 1.68. The normalized spacial score (nSPS) is 11.5. The molecule has 0 aliphatic heterocycles. The molecule has 0 spiro atoms. The van der Waals surface area contributed by atoms with E-state index in [-0.39, 0.29) is 0 Å². The Labute approximate surface area is 214 Å². The first-order chi connectivity index (χ1) is 17.0. The molecule has 0 aliphatic rings. The molecule has 1 atom stereocenters. The van der Waals surface area contributed by atoms with E-state index in [0.29, 0.717) is 32.4 Å². The Kier molecular flexibility index (Phi) is 10.5. The lowest BCUT2D eigenvalue weighted by Gasteiger charge is -2.20. The zero-order valence-electron chi connectivity index (χ0n) is 19.5. The summed E-state index contributed by atoms with van der Waals surface area (Å²) < 4.78 is 0. The average Bonchev–Trinajstić information content (AvgIpc) is 2.88. The molecule has 0 aliphatic carbocycles. The number of hydrogen-bond donors (Lipinski definition) is 3. The fraction of sp³-hybridized carbons (Fsp3) is 0.250. The first kappa shape index (κ1) is 26.2. The predicted octanol–water partition coefficient (Wildman–Crippen LogP) is 3.20. The number of amides is 3. The summed E-state index contributed by atoms with van der Waals surface area (Å²) in [5.41, 5.74) is 3.12. The lowest BCUT2D eigenvalue weighted by Crippen LogP contribution is -2.57. The van der Waals surface area contributed by atoms with Crippen LogP contribution in [0.5, 0.6) is 0 Å². The van der Waals surface area contributed by atoms with Crippen LogP contribution in [0.3, 0.4) is 0 Å². The monoisotopic (exact) mass is 535 g/mol. The lowest BCUT2D eigenvalue weighted by atomic mass is 10.1. The minimum Gasteiger partial charge on any atom is -0.354 e. The van der Waals surface area contributed by atoms with Gasteiger partial charge in [-0.2, -0.15) is 0 Å². The zero-order chi connectivity index (χ0) is 24.9. The number of alkyl halides is 1. The molecule has 0 unspecified atom stereocenters. The standard InChI is InChI=1S/C28H30BrN3O3/c29-24(20-23-14-8-3-9-15-23)26(33)32-25(27(34)30-18-16-21-10-4-1-5-11-21)28(35)31-19-17-22-12-6-2-7-13-22/h1-15,24-25H,16-20H2,(H,30,34)(H,31,35)(H,32,33)/t24-/m1/s1. The Morgan fingerprint density at radius 2 is 1.00 bits per heavy atom. The molecule has 6 nitrogen and oxygen atoms in total. The maximum absolute atomic E-state index is 12.9. The highest BCUT2D eigenvalue weighted by Gasteiger charge is 2.30. The van der Waals surface area contributed by atoms with Gasteiger partial charge in [0.15, 0.2) is 6.04 Å². The Morgan fingerprint density at radius 1 is 0.600 bits per heavy atom. The molecule has 35 heavy (non-hydrogen) atoms. The van der Waals surface area contributed by atoms with Gasteiger partial charge in [-0.15, -0.1) is 0 Å². The summed E-state index contributed by atoms with van der Waals surface area (Å²) in [7, 11) is 0. The van der Waals surface area contributed by atoms with Crippen molar-refractivity contribution in [3.63, 3.8) is 0 Å². The largest absolute Gasteiger partial charge is 0.354 e. The van der Waals surface area contributed by atoms with Crippen molar-refractivity contribution in [2.24, 2.45) is 0 Å². The van der Waals surface area contributed by atoms with Crippen LogP contribution in [0.25, 0.3) is 0 Å². The van der Waals surface area contributed by atoms with E-state index in [4.69, 9.17) is 0 Å². The summed E-state index contributed by atoms with van der Waals surface area (Å²) in [4.78, 5) is 38.1. The van der Waals surface area contributed by atoms with Crippen LogP contribution in [-0.2, 0) is 33.6 Å². The van der Waals surface area contributed by atoms with E-state index in [1.807, 2.05) is 91.0 Å². The molecule has 0 radical (unpaired) electrons. The van der Waals surface area contributed by atoms with Gasteiger partial charge >= 0.3 is 0 Å². The molecule has 3 N–H and O–H groups in total. The molecular formula is C28H30BrN3O3. The van der Waals surface area contributed by atoms with Crippen LogP contribution in [0.4, 0.5) is 0 Å². The number of hydrogen-bond acceptors (Lipinski definition) is 3. The van der Waals surface area contributed by atoms with Crippen LogP contribution in [0.2, 0.25) is 0 Å². The van der Waals surface area contributed by atoms with E-state index in [0.717, 1.165) is 16.7 Å². The Morgan fingerprint density at radius 3 is 1.43 bits per heavy atom. The summed E-state index contributed by atoms with van der Waals surface area (Å²) in [5, 5.41) is 8.19. The van der Waals surface area contributed by atoms with Crippen molar-refractivity contribution in [1.82, 2.24) is 16.0 Å². The third-order valence-electron chi connectivity index (χ3n) is 5.46. The summed E-state index contributed by atoms with van der Waals surface area (Å²) in [6, 6.07) is 27.7. The van der Waals surface area contributed by atoms with Gasteiger partial charge in [-0.1, -0.05) is 107 Å². The van der Waals surface area contributed by atoms with Crippen molar-refractivity contribution in [3.8, 4) is 0 Å². The van der Waals surface area contributed by atoms with E-state index in [9.17, 15) is 14.4 Å². The van der Waals surface area contributed by atoms with E-state index in [1.54, 1.807) is 0 Å². The summed E-state index contributed by atoms with van der Waals surface area (Å²) in [6.45, 7) is 0.711. The molecule has 3 amide bonds. The van der Waals surface area contributed by atoms with Crippen LogP contribution in [0.1, 0.15) is 16.7 Å². The fourth-order valence-electron chi connectivity index (χ4n) is 3.55. The van der Waals surface area contributed by atoms with Crippen molar-refractivity contribution in [2.45, 2.75) is 30.1 Å². The number of benzene rings is 3. The molecule has 0 saturated carbocycles. The molecule has 0 bridgehead atoms. The van der Waals surface area contributed by atoms with Gasteiger partial charge in [0.25, 0.3) is 11.8 Å². The maximum atomic E-state index is 12.9. The van der Waals surface area contributed by atoms with E-state index >= 15 is 0 Å². The van der Waals surface area contributed by atoms with Gasteiger partial charge < -0.3 is 16.0 Å². The predicted molar refractivity (Wildman–Crippen MR) is 141 cm³/mol. The average molecular weight is 536 g/mol. The molecule has 0 aromatic heterocycles. The second kappa shape index (κ2) is 14.1. The molecule has 3 aromatic rings. The first-order valence-corrected chi connectivity index (χ1v) is 12.6. The van der Waals surface area contributed by atoms with Gasteiger partial charge in [0, 0.05) is 13.1 Å². The smallest absolute Gasteiger partial charge is 0.252 e. The fourth-order valence-corrected chi connectivity index (χ4v) is 4.06. The van der Waals surface area contributed by atoms with Crippen molar-refractivity contribution < 1.29 is 14.4 Å². The molecular weight excluding hydrogens is 506 g/mol. The quantitative estimate of drug-likeness (QED) is 0.246. The van der Waals surface area contributed by atoms with Crippen LogP contribution >= 0.6 is 15.9 Å². The van der Waals surface area contributed by atoms with Crippen molar-refractivity contribution in [2.75, 3.05) is 13.1 Å². The minimum absolute atomic E-state index is 0.355. The SMILES string of the molecule is O=C(NCCc1ccccc1)C(NC(=O)[C@H](Br)Cc1ccccc1)C(=O)NCCc1ccccc1. The third-order valence-corrected chi connectivity index (χ3v) is 6.20. The van der Waals surface area contributed by atoms with Gasteiger partial charge in [-0.3, -0.25) is 14.4 Å². The molecule has 3 rings (SSSR count). The van der Waals surface area contributed by atoms with Crippen molar-refractivity contribution in [3.05, 3.63) is 108 Å². The highest BCUT2D eigenvalue weighted by Crippen LogP contribution is 2.10. The van der Waals surface area contributed by atoms with Crippen molar-refractivity contribution >= 4 is 33.7 Å². The molecule has 182 valence electrons. The molecule has 3 aromatic carbocycles. The Hall–Kier alpha value is -3.45. The highest BCUT2D eigenvalue weighted by molar-refractivity contribution is 9.10. The van der Waals surface area contributed by atoms with E-state index in [2.05, 4.69) is 31.9 Å². The van der Waals surface area contributed by atoms with Gasteiger partial charge in [0.05, 0.1) is 4.83 Å². The minimum atomic E-state index is -1.33. The first-order valence-electron chi connectivity index (χ1n) is 11.6. The third kappa shape index (κ3) is 9.02. The Bertz CT molecular complexity index is 1020. The van der Waals surface area contributed by atoms with Crippen molar-refractivity contribution in [1.29, 1.82) is 0 Å². The topological polar surface area (TPSA) is 87.3 Å². The van der Waals surface area contributed by atoms with Crippen LogP contribution < -0.4 is 16.0 Å². The van der Waals surface area contributed by atoms with Gasteiger partial charge in [0.2, 0.25) is 5.91 Å². The highest BCUT2D eigenvalue weighted by atomic mass is 79.9. The summed E-state index contributed by atoms with van der Waals surface area (Å²) >= 11 is 3.40. The Balaban J connectivity index is 1.59. The van der Waals surface area contributed by atoms with Gasteiger partial charge in [-0.25, -0.2) is 0 Å². The number of halogens is 1. The molecule has 0 saturated heterocycles. The van der Waals surface area contributed by atoms with Gasteiger partial charge in [0.1, 0.15) is 0 Å². The van der Waals surface area contributed by atoms with Gasteiger partial charge in [-0.05, 0) is 36.0 Å².